The van der Waals surface area contributed by atoms with E-state index in [0.29, 0.717) is 36.6 Å². The van der Waals surface area contributed by atoms with Crippen LogP contribution in [0.1, 0.15) is 81.5 Å². The molecule has 1 unspecified atom stereocenters. The molecule has 0 radical (unpaired) electrons. The van der Waals surface area contributed by atoms with Gasteiger partial charge in [0, 0.05) is 29.0 Å². The minimum Gasteiger partial charge on any atom is -0.454 e. The molecule has 4 aliphatic rings. The molecule has 188 valence electrons. The number of hydrogen-bond donors (Lipinski definition) is 1. The summed E-state index contributed by atoms with van der Waals surface area (Å²) in [5.74, 6) is 1.94. The lowest BCUT2D eigenvalue weighted by atomic mass is 9.76. The number of benzene rings is 1. The molecule has 7 rings (SSSR count). The fraction of sp³-hybridized carbons (Fsp3) is 0.517. The van der Waals surface area contributed by atoms with Crippen LogP contribution in [-0.2, 0) is 23.3 Å². The highest BCUT2D eigenvalue weighted by atomic mass is 16.7. The molecule has 4 heterocycles. The third-order valence-electron chi connectivity index (χ3n) is 8.50. The molecule has 1 aromatic carbocycles. The summed E-state index contributed by atoms with van der Waals surface area (Å²) in [5, 5.41) is 12.3. The van der Waals surface area contributed by atoms with Crippen LogP contribution in [0.3, 0.4) is 0 Å². The van der Waals surface area contributed by atoms with Gasteiger partial charge in [-0.3, -0.25) is 4.79 Å². The Morgan fingerprint density at radius 1 is 1.17 bits per heavy atom. The Kier molecular flexibility index (Phi) is 4.54. The van der Waals surface area contributed by atoms with Crippen LogP contribution >= 0.6 is 0 Å². The maximum Gasteiger partial charge on any atom is 0.255 e. The van der Waals surface area contributed by atoms with Gasteiger partial charge in [0.2, 0.25) is 6.79 Å². The number of aliphatic hydroxyl groups excluding tert-OH is 1. The van der Waals surface area contributed by atoms with Crippen molar-refractivity contribution < 1.29 is 19.3 Å². The van der Waals surface area contributed by atoms with Crippen LogP contribution in [-0.4, -0.2) is 33.2 Å². The van der Waals surface area contributed by atoms with Crippen LogP contribution in [0.25, 0.3) is 22.3 Å². The van der Waals surface area contributed by atoms with Crippen molar-refractivity contribution in [1.29, 1.82) is 0 Å². The van der Waals surface area contributed by atoms with Gasteiger partial charge < -0.3 is 23.9 Å². The smallest absolute Gasteiger partial charge is 0.255 e. The molecule has 2 aromatic heterocycles. The number of ether oxygens (including phenoxy) is 3. The Hall–Kier alpha value is -2.90. The molecule has 2 aliphatic carbocycles. The van der Waals surface area contributed by atoms with E-state index in [0.717, 1.165) is 52.0 Å². The number of aliphatic hydroxyl groups is 1. The summed E-state index contributed by atoms with van der Waals surface area (Å²) in [6, 6.07) is 6.11. The zero-order valence-electron chi connectivity index (χ0n) is 21.3. The molecule has 2 aliphatic heterocycles. The van der Waals surface area contributed by atoms with E-state index in [-0.39, 0.29) is 12.4 Å². The first kappa shape index (κ1) is 22.3. The predicted octanol–water partition coefficient (Wildman–Crippen LogP) is 4.76. The van der Waals surface area contributed by atoms with Crippen LogP contribution < -0.4 is 15.0 Å². The molecule has 0 amide bonds. The van der Waals surface area contributed by atoms with Crippen LogP contribution in [0.2, 0.25) is 0 Å². The lowest BCUT2D eigenvalue weighted by molar-refractivity contribution is -0.184. The maximum atomic E-state index is 13.9. The third-order valence-corrected chi connectivity index (χ3v) is 8.50. The van der Waals surface area contributed by atoms with E-state index in [9.17, 15) is 9.90 Å². The molecule has 7 nitrogen and oxygen atoms in total. The summed E-state index contributed by atoms with van der Waals surface area (Å²) in [6.07, 6.45) is 3.63. The van der Waals surface area contributed by atoms with Gasteiger partial charge in [0.25, 0.3) is 5.56 Å². The molecule has 7 heteroatoms. The van der Waals surface area contributed by atoms with E-state index in [2.05, 4.69) is 12.1 Å². The molecule has 0 bridgehead atoms. The topological polar surface area (TPSA) is 82.8 Å². The van der Waals surface area contributed by atoms with Gasteiger partial charge in [-0.15, -0.1) is 0 Å². The molecular weight excluding hydrogens is 456 g/mol. The van der Waals surface area contributed by atoms with Gasteiger partial charge in [0.05, 0.1) is 35.2 Å². The van der Waals surface area contributed by atoms with Gasteiger partial charge in [-0.2, -0.15) is 0 Å². The number of nitrogens with zero attached hydrogens (tertiary/aromatic N) is 2. The van der Waals surface area contributed by atoms with Crippen molar-refractivity contribution in [2.75, 3.05) is 6.79 Å². The molecule has 1 N–H and O–H groups in total. The number of hydrogen-bond acceptors (Lipinski definition) is 6. The normalized spacial score (nSPS) is 24.1. The van der Waals surface area contributed by atoms with Crippen LogP contribution in [0, 0.1) is 0 Å². The van der Waals surface area contributed by atoms with Crippen molar-refractivity contribution in [3.8, 4) is 22.9 Å². The van der Waals surface area contributed by atoms with Crippen molar-refractivity contribution in [3.05, 3.63) is 50.8 Å². The number of pyridine rings is 2. The SMILES string of the molecule is CC[C@]1(OC(C)(C)C)c2cc3n(c(=O)c2CC1O)Cc1c-3nc2cc3c(cc2c1C1CCC1)OCO3. The lowest BCUT2D eigenvalue weighted by Gasteiger charge is -2.39. The molecule has 36 heavy (non-hydrogen) atoms. The second-order valence-electron chi connectivity index (χ2n) is 11.7. The Morgan fingerprint density at radius 2 is 1.92 bits per heavy atom. The van der Waals surface area contributed by atoms with E-state index in [1.165, 1.54) is 12.0 Å². The van der Waals surface area contributed by atoms with Crippen molar-refractivity contribution in [2.24, 2.45) is 0 Å². The Morgan fingerprint density at radius 3 is 2.58 bits per heavy atom. The zero-order chi connectivity index (χ0) is 25.0. The minimum atomic E-state index is -0.912. The molecular formula is C29H32N2O5. The summed E-state index contributed by atoms with van der Waals surface area (Å²) in [6.45, 7) is 8.74. The van der Waals surface area contributed by atoms with Gasteiger partial charge in [-0.1, -0.05) is 13.3 Å². The standard InChI is InChI=1S/C29H32N2O5/c1-5-29(36-28(2,3)4)19-11-21-26-18(13-31(21)27(33)16(19)10-24(29)32)25(15-7-6-8-15)17-9-22-23(35-14-34-22)12-20(17)30-26/h9,11-12,15,24,32H,5-8,10,13-14H2,1-4H3/t24?,29-/m0/s1. The largest absolute Gasteiger partial charge is 0.454 e. The first-order valence-electron chi connectivity index (χ1n) is 13.1. The average Bonchev–Trinajstić information content (AvgIpc) is 3.46. The first-order chi connectivity index (χ1) is 17.2. The Bertz CT molecular complexity index is 1500. The highest BCUT2D eigenvalue weighted by Gasteiger charge is 2.50. The minimum absolute atomic E-state index is 0.0369. The quantitative estimate of drug-likeness (QED) is 0.448. The van der Waals surface area contributed by atoms with Gasteiger partial charge in [0.1, 0.15) is 5.60 Å². The monoisotopic (exact) mass is 488 g/mol. The van der Waals surface area contributed by atoms with Crippen molar-refractivity contribution in [2.45, 2.75) is 89.6 Å². The lowest BCUT2D eigenvalue weighted by Crippen LogP contribution is -2.44. The Labute approximate surface area is 210 Å². The maximum absolute atomic E-state index is 13.9. The molecule has 0 saturated heterocycles. The highest BCUT2D eigenvalue weighted by molar-refractivity contribution is 5.91. The average molecular weight is 489 g/mol. The van der Waals surface area contributed by atoms with Gasteiger partial charge in [0.15, 0.2) is 11.5 Å². The first-order valence-corrected chi connectivity index (χ1v) is 13.1. The van der Waals surface area contributed by atoms with Gasteiger partial charge in [-0.25, -0.2) is 4.98 Å². The van der Waals surface area contributed by atoms with Crippen LogP contribution in [0.15, 0.2) is 23.0 Å². The highest BCUT2D eigenvalue weighted by Crippen LogP contribution is 2.50. The fourth-order valence-electron chi connectivity index (χ4n) is 6.73. The number of fused-ring (bicyclic) bond motifs is 6. The van der Waals surface area contributed by atoms with E-state index in [4.69, 9.17) is 19.2 Å². The third kappa shape index (κ3) is 2.93. The van der Waals surface area contributed by atoms with Gasteiger partial charge in [-0.05, 0) is 69.2 Å². The van der Waals surface area contributed by atoms with Crippen LogP contribution in [0.5, 0.6) is 11.5 Å². The van der Waals surface area contributed by atoms with E-state index in [1.54, 1.807) is 0 Å². The number of aromatic nitrogens is 2. The van der Waals surface area contributed by atoms with Crippen molar-refractivity contribution >= 4 is 10.9 Å². The van der Waals surface area contributed by atoms with Crippen molar-refractivity contribution in [3.63, 3.8) is 0 Å². The van der Waals surface area contributed by atoms with Gasteiger partial charge >= 0.3 is 0 Å². The molecule has 1 saturated carbocycles. The molecule has 0 spiro atoms. The summed E-state index contributed by atoms with van der Waals surface area (Å²) in [5.41, 5.74) is 5.06. The van der Waals surface area contributed by atoms with E-state index >= 15 is 0 Å². The van der Waals surface area contributed by atoms with E-state index < -0.39 is 17.3 Å². The molecule has 2 atom stereocenters. The summed E-state index contributed by atoms with van der Waals surface area (Å²) < 4.78 is 19.7. The van der Waals surface area contributed by atoms with E-state index in [1.807, 2.05) is 38.3 Å². The van der Waals surface area contributed by atoms with Crippen molar-refractivity contribution in [1.82, 2.24) is 9.55 Å². The summed E-state index contributed by atoms with van der Waals surface area (Å²) in [7, 11) is 0. The molecule has 3 aromatic rings. The summed E-state index contributed by atoms with van der Waals surface area (Å²) in [4.78, 5) is 19.0. The Balaban J connectivity index is 1.48. The summed E-state index contributed by atoms with van der Waals surface area (Å²) >= 11 is 0. The second-order valence-corrected chi connectivity index (χ2v) is 11.7. The predicted molar refractivity (Wildman–Crippen MR) is 136 cm³/mol. The van der Waals surface area contributed by atoms with Crippen LogP contribution in [0.4, 0.5) is 0 Å². The zero-order valence-corrected chi connectivity index (χ0v) is 21.3. The second kappa shape index (κ2) is 7.33. The fourth-order valence-corrected chi connectivity index (χ4v) is 6.73. The number of rotatable bonds is 3. The molecule has 1 fully saturated rings.